The van der Waals surface area contributed by atoms with Crippen LogP contribution in [0.3, 0.4) is 0 Å². The summed E-state index contributed by atoms with van der Waals surface area (Å²) in [5.74, 6) is 0.841. The van der Waals surface area contributed by atoms with Crippen molar-refractivity contribution < 1.29 is 9.53 Å². The average Bonchev–Trinajstić information content (AvgIpc) is 2.81. The third-order valence-corrected chi connectivity index (χ3v) is 7.52. The maximum atomic E-state index is 11.1. The van der Waals surface area contributed by atoms with Gasteiger partial charge < -0.3 is 20.7 Å². The van der Waals surface area contributed by atoms with Crippen molar-refractivity contribution in [2.75, 3.05) is 35.2 Å². The first kappa shape index (κ1) is 26.6. The van der Waals surface area contributed by atoms with E-state index in [-0.39, 0.29) is 0 Å². The van der Waals surface area contributed by atoms with Gasteiger partial charge in [-0.3, -0.25) is 0 Å². The van der Waals surface area contributed by atoms with E-state index in [1.165, 1.54) is 38.5 Å². The van der Waals surface area contributed by atoms with Crippen molar-refractivity contribution >= 4 is 45.3 Å². The molecule has 34 heavy (non-hydrogen) atoms. The fourth-order valence-corrected chi connectivity index (χ4v) is 5.21. The van der Waals surface area contributed by atoms with Crippen molar-refractivity contribution in [1.29, 1.82) is 0 Å². The van der Waals surface area contributed by atoms with Gasteiger partial charge in [-0.05, 0) is 38.0 Å². The number of unbranched alkanes of at least 4 members (excludes halogenated alkanes) is 5. The summed E-state index contributed by atoms with van der Waals surface area (Å²) in [6, 6.07) is 8.45. The van der Waals surface area contributed by atoms with Crippen LogP contribution >= 0.6 is 27.7 Å². The number of carbonyl (C=O) groups excluding carboxylic acids is 1. The Kier molecular flexibility index (Phi) is 10.8. The average molecular weight is 551 g/mol. The van der Waals surface area contributed by atoms with Crippen LogP contribution in [0.2, 0.25) is 0 Å². The normalized spacial score (nSPS) is 15.2. The highest BCUT2D eigenvalue weighted by atomic mass is 79.9. The van der Waals surface area contributed by atoms with Gasteiger partial charge in [0.05, 0.1) is 12.4 Å². The molecule has 0 radical (unpaired) electrons. The minimum Gasteiger partial charge on any atom is -0.443 e. The number of hydrogen-bond acceptors (Lipinski definition) is 7. The third kappa shape index (κ3) is 8.98. The third-order valence-electron chi connectivity index (χ3n) is 6.05. The molecule has 1 fully saturated rings. The van der Waals surface area contributed by atoms with Gasteiger partial charge in [0.25, 0.3) is 0 Å². The van der Waals surface area contributed by atoms with E-state index >= 15 is 0 Å². The molecule has 0 unspecified atom stereocenters. The van der Waals surface area contributed by atoms with E-state index in [2.05, 4.69) is 60.4 Å². The number of alkyl halides is 1. The monoisotopic (exact) mass is 549 g/mol. The molecular weight excluding hydrogens is 514 g/mol. The van der Waals surface area contributed by atoms with Gasteiger partial charge in [0.1, 0.15) is 16.4 Å². The summed E-state index contributed by atoms with van der Waals surface area (Å²) >= 11 is 5.10. The Morgan fingerprint density at radius 2 is 1.88 bits per heavy atom. The van der Waals surface area contributed by atoms with Crippen LogP contribution in [-0.4, -0.2) is 46.6 Å². The Bertz CT molecular complexity index is 891. The van der Waals surface area contributed by atoms with Crippen molar-refractivity contribution in [3.63, 3.8) is 0 Å². The van der Waals surface area contributed by atoms with Gasteiger partial charge in [-0.1, -0.05) is 59.4 Å². The van der Waals surface area contributed by atoms with Crippen molar-refractivity contribution in [2.24, 2.45) is 5.73 Å². The zero-order chi connectivity index (χ0) is 24.2. The van der Waals surface area contributed by atoms with Crippen molar-refractivity contribution in [3.8, 4) is 0 Å². The standard InChI is InChI=1S/C25H36BrN5O2S/c1-25(33-24(27)32)11-15-31(16-12-25)22-18-30-23(19-29-22)34-21-10-8-9-20(17-21)28-14-7-5-3-2-4-6-13-26/h8-10,17-19,28H,2-7,11-16H2,1H3,(H2,27,32). The number of halogens is 1. The predicted octanol–water partition coefficient (Wildman–Crippen LogP) is 6.23. The molecule has 3 N–H and O–H groups in total. The molecular formula is C25H36BrN5O2S. The molecule has 1 aromatic carbocycles. The highest BCUT2D eigenvalue weighted by Gasteiger charge is 2.33. The predicted molar refractivity (Wildman–Crippen MR) is 143 cm³/mol. The molecule has 1 saturated heterocycles. The zero-order valence-electron chi connectivity index (χ0n) is 20.0. The van der Waals surface area contributed by atoms with E-state index in [1.807, 2.05) is 19.3 Å². The number of nitrogens with zero attached hydrogens (tertiary/aromatic N) is 3. The lowest BCUT2D eigenvalue weighted by Gasteiger charge is -2.38. The maximum absolute atomic E-state index is 11.1. The van der Waals surface area contributed by atoms with Gasteiger partial charge in [-0.15, -0.1) is 0 Å². The molecule has 0 aliphatic carbocycles. The molecule has 0 saturated carbocycles. The van der Waals surface area contributed by atoms with Crippen LogP contribution in [0, 0.1) is 0 Å². The highest BCUT2D eigenvalue weighted by Crippen LogP contribution is 2.30. The van der Waals surface area contributed by atoms with E-state index in [1.54, 1.807) is 11.8 Å². The summed E-state index contributed by atoms with van der Waals surface area (Å²) in [5, 5.41) is 5.52. The summed E-state index contributed by atoms with van der Waals surface area (Å²) < 4.78 is 5.28. The number of primary amides is 1. The molecule has 0 spiro atoms. The summed E-state index contributed by atoms with van der Waals surface area (Å²) in [7, 11) is 0. The van der Waals surface area contributed by atoms with Crippen LogP contribution in [0.25, 0.3) is 0 Å². The summed E-state index contributed by atoms with van der Waals surface area (Å²) in [6.45, 7) is 4.42. The Balaban J connectivity index is 1.42. The summed E-state index contributed by atoms with van der Waals surface area (Å²) in [4.78, 5) is 23.6. The largest absolute Gasteiger partial charge is 0.443 e. The van der Waals surface area contributed by atoms with Gasteiger partial charge in [-0.2, -0.15) is 0 Å². The first-order chi connectivity index (χ1) is 16.5. The second-order valence-electron chi connectivity index (χ2n) is 8.94. The number of benzene rings is 1. The highest BCUT2D eigenvalue weighted by molar-refractivity contribution is 9.09. The van der Waals surface area contributed by atoms with Crippen LogP contribution < -0.4 is 16.0 Å². The molecule has 1 aliphatic heterocycles. The maximum Gasteiger partial charge on any atom is 0.405 e. The zero-order valence-corrected chi connectivity index (χ0v) is 22.4. The second kappa shape index (κ2) is 13.8. The number of nitrogens with two attached hydrogens (primary N) is 1. The lowest BCUT2D eigenvalue weighted by atomic mass is 9.93. The number of anilines is 2. The number of aromatic nitrogens is 2. The fraction of sp³-hybridized carbons (Fsp3) is 0.560. The lowest BCUT2D eigenvalue weighted by Crippen LogP contribution is -2.46. The van der Waals surface area contributed by atoms with Crippen molar-refractivity contribution in [2.45, 2.75) is 73.8 Å². The molecule has 9 heteroatoms. The van der Waals surface area contributed by atoms with Crippen LogP contribution in [0.1, 0.15) is 58.3 Å². The van der Waals surface area contributed by atoms with E-state index in [0.29, 0.717) is 12.8 Å². The van der Waals surface area contributed by atoms with Crippen molar-refractivity contribution in [3.05, 3.63) is 36.7 Å². The molecule has 1 aromatic heterocycles. The number of ether oxygens (including phenoxy) is 1. The van der Waals surface area contributed by atoms with Gasteiger partial charge >= 0.3 is 6.09 Å². The Morgan fingerprint density at radius 1 is 1.15 bits per heavy atom. The molecule has 7 nitrogen and oxygen atoms in total. The molecule has 0 atom stereocenters. The molecule has 0 bridgehead atoms. The van der Waals surface area contributed by atoms with Gasteiger partial charge in [0, 0.05) is 48.4 Å². The van der Waals surface area contributed by atoms with Gasteiger partial charge in [0.2, 0.25) is 0 Å². The number of nitrogens with one attached hydrogen (secondary N) is 1. The fourth-order valence-electron chi connectivity index (χ4n) is 4.03. The number of rotatable bonds is 13. The first-order valence-electron chi connectivity index (χ1n) is 12.1. The Morgan fingerprint density at radius 3 is 2.56 bits per heavy atom. The van der Waals surface area contributed by atoms with E-state index in [4.69, 9.17) is 10.5 Å². The Hall–Kier alpha value is -2.00. The lowest BCUT2D eigenvalue weighted by molar-refractivity contribution is 0.0126. The topological polar surface area (TPSA) is 93.4 Å². The molecule has 2 aromatic rings. The summed E-state index contributed by atoms with van der Waals surface area (Å²) in [5.41, 5.74) is 5.83. The molecule has 3 rings (SSSR count). The molecule has 2 heterocycles. The minimum atomic E-state index is -0.715. The van der Waals surface area contributed by atoms with Gasteiger partial charge in [0.15, 0.2) is 0 Å². The number of piperidine rings is 1. The van der Waals surface area contributed by atoms with Gasteiger partial charge in [-0.25, -0.2) is 14.8 Å². The SMILES string of the molecule is CC1(OC(N)=O)CCN(c2cnc(Sc3cccc(NCCCCCCCCBr)c3)cn2)CC1. The van der Waals surface area contributed by atoms with E-state index in [9.17, 15) is 4.79 Å². The Labute approximate surface area is 215 Å². The number of hydrogen-bond donors (Lipinski definition) is 2. The molecule has 1 amide bonds. The first-order valence-corrected chi connectivity index (χ1v) is 14.0. The van der Waals surface area contributed by atoms with Crippen molar-refractivity contribution in [1.82, 2.24) is 9.97 Å². The van der Waals surface area contributed by atoms with Crippen LogP contribution in [0.4, 0.5) is 16.3 Å². The number of amides is 1. The van der Waals surface area contributed by atoms with E-state index < -0.39 is 11.7 Å². The smallest absolute Gasteiger partial charge is 0.405 e. The minimum absolute atomic E-state index is 0.502. The quantitative estimate of drug-likeness (QED) is 0.226. The molecule has 1 aliphatic rings. The van der Waals surface area contributed by atoms with E-state index in [0.717, 1.165) is 46.4 Å². The second-order valence-corrected chi connectivity index (χ2v) is 10.8. The van der Waals surface area contributed by atoms with Crippen LogP contribution in [0.15, 0.2) is 46.6 Å². The van der Waals surface area contributed by atoms with Crippen LogP contribution in [0.5, 0.6) is 0 Å². The summed E-state index contributed by atoms with van der Waals surface area (Å²) in [6.07, 6.45) is 12.1. The molecule has 186 valence electrons. The van der Waals surface area contributed by atoms with Crippen LogP contribution in [-0.2, 0) is 4.74 Å². The number of carbonyl (C=O) groups is 1.